The van der Waals surface area contributed by atoms with Crippen molar-refractivity contribution in [3.63, 3.8) is 0 Å². The molecule has 1 aliphatic rings. The summed E-state index contributed by atoms with van der Waals surface area (Å²) in [5.74, 6) is -0.282. The van der Waals surface area contributed by atoms with Gasteiger partial charge in [0.05, 0.1) is 18.2 Å². The molecule has 0 radical (unpaired) electrons. The first-order valence-electron chi connectivity index (χ1n) is 7.21. The van der Waals surface area contributed by atoms with E-state index >= 15 is 0 Å². The summed E-state index contributed by atoms with van der Waals surface area (Å²) in [7, 11) is 0. The van der Waals surface area contributed by atoms with Crippen molar-refractivity contribution in [1.82, 2.24) is 5.32 Å². The van der Waals surface area contributed by atoms with Gasteiger partial charge in [0.1, 0.15) is 5.60 Å². The lowest BCUT2D eigenvalue weighted by atomic mass is 9.96. The highest BCUT2D eigenvalue weighted by Crippen LogP contribution is 2.36. The molecule has 0 unspecified atom stereocenters. The second-order valence-corrected chi connectivity index (χ2v) is 5.56. The first-order valence-corrected chi connectivity index (χ1v) is 7.21. The Morgan fingerprint density at radius 2 is 2.09 bits per heavy atom. The molecule has 1 atom stereocenters. The number of nitrogens with one attached hydrogen (secondary N) is 1. The average molecular weight is 292 g/mol. The maximum absolute atomic E-state index is 12.2. The van der Waals surface area contributed by atoms with Crippen LogP contribution in [-0.4, -0.2) is 17.6 Å². The number of nitriles is 1. The molecule has 22 heavy (non-hydrogen) atoms. The van der Waals surface area contributed by atoms with Gasteiger partial charge < -0.3 is 10.4 Å². The lowest BCUT2D eigenvalue weighted by Crippen LogP contribution is -2.39. The molecule has 0 spiro atoms. The number of amides is 1. The molecule has 2 N–H and O–H groups in total. The van der Waals surface area contributed by atoms with Crippen LogP contribution < -0.4 is 5.32 Å². The molecular formula is C18H16N2O2. The smallest absolute Gasteiger partial charge is 0.251 e. The fourth-order valence-corrected chi connectivity index (χ4v) is 2.91. The standard InChI is InChI=1S/C18H16N2O2/c19-11-13-4-3-6-15(10-13)17(21)20-12-18(22)9-8-14-5-1-2-7-16(14)18/h1-7,10,22H,8-9,12H2,(H,20,21)/t18-/m0/s1. The van der Waals surface area contributed by atoms with E-state index in [2.05, 4.69) is 5.32 Å². The molecular weight excluding hydrogens is 276 g/mol. The summed E-state index contributed by atoms with van der Waals surface area (Å²) in [5.41, 5.74) is 1.87. The number of benzene rings is 2. The molecule has 110 valence electrons. The number of hydrogen-bond donors (Lipinski definition) is 2. The van der Waals surface area contributed by atoms with Crippen molar-refractivity contribution in [3.8, 4) is 6.07 Å². The van der Waals surface area contributed by atoms with Crippen LogP contribution in [0.2, 0.25) is 0 Å². The Balaban J connectivity index is 1.73. The molecule has 0 aliphatic heterocycles. The summed E-state index contributed by atoms with van der Waals surface area (Å²) in [6.45, 7) is 0.166. The van der Waals surface area contributed by atoms with Gasteiger partial charge >= 0.3 is 0 Å². The fourth-order valence-electron chi connectivity index (χ4n) is 2.91. The summed E-state index contributed by atoms with van der Waals surface area (Å²) in [5, 5.41) is 22.4. The number of carbonyl (C=O) groups excluding carboxylic acids is 1. The molecule has 0 fully saturated rings. The normalized spacial score (nSPS) is 19.3. The van der Waals surface area contributed by atoms with Crippen LogP contribution in [0.4, 0.5) is 0 Å². The number of nitrogens with zero attached hydrogens (tertiary/aromatic N) is 1. The van der Waals surface area contributed by atoms with Gasteiger partial charge in [0.2, 0.25) is 0 Å². The van der Waals surface area contributed by atoms with E-state index in [4.69, 9.17) is 5.26 Å². The lowest BCUT2D eigenvalue weighted by molar-refractivity contribution is 0.0369. The van der Waals surface area contributed by atoms with Crippen molar-refractivity contribution in [2.24, 2.45) is 0 Å². The predicted octanol–water partition coefficient (Wildman–Crippen LogP) is 2.12. The third-order valence-corrected chi connectivity index (χ3v) is 4.12. The lowest BCUT2D eigenvalue weighted by Gasteiger charge is -2.24. The van der Waals surface area contributed by atoms with E-state index in [1.165, 1.54) is 0 Å². The molecule has 0 saturated heterocycles. The number of aryl methyl sites for hydroxylation is 1. The number of hydrogen-bond acceptors (Lipinski definition) is 3. The van der Waals surface area contributed by atoms with Crippen molar-refractivity contribution < 1.29 is 9.90 Å². The molecule has 0 aromatic heterocycles. The minimum absolute atomic E-state index is 0.166. The largest absolute Gasteiger partial charge is 0.383 e. The van der Waals surface area contributed by atoms with Gasteiger partial charge in [-0.3, -0.25) is 4.79 Å². The molecule has 2 aromatic rings. The Labute approximate surface area is 129 Å². The van der Waals surface area contributed by atoms with Crippen molar-refractivity contribution >= 4 is 5.91 Å². The highest BCUT2D eigenvalue weighted by Gasteiger charge is 2.36. The highest BCUT2D eigenvalue weighted by atomic mass is 16.3. The maximum atomic E-state index is 12.2. The van der Waals surface area contributed by atoms with Crippen LogP contribution in [0.25, 0.3) is 0 Å². The number of aliphatic hydroxyl groups is 1. The zero-order valence-corrected chi connectivity index (χ0v) is 12.0. The molecule has 3 rings (SSSR count). The number of fused-ring (bicyclic) bond motifs is 1. The first-order chi connectivity index (χ1) is 10.6. The Morgan fingerprint density at radius 3 is 2.91 bits per heavy atom. The first kappa shape index (κ1) is 14.3. The fraction of sp³-hybridized carbons (Fsp3) is 0.222. The summed E-state index contributed by atoms with van der Waals surface area (Å²) >= 11 is 0. The van der Waals surface area contributed by atoms with Gasteiger partial charge in [-0.05, 0) is 42.2 Å². The van der Waals surface area contributed by atoms with E-state index in [0.717, 1.165) is 17.5 Å². The van der Waals surface area contributed by atoms with Crippen LogP contribution in [-0.2, 0) is 12.0 Å². The molecule has 1 aliphatic carbocycles. The zero-order valence-electron chi connectivity index (χ0n) is 12.0. The summed E-state index contributed by atoms with van der Waals surface area (Å²) < 4.78 is 0. The van der Waals surface area contributed by atoms with E-state index in [0.29, 0.717) is 17.5 Å². The summed E-state index contributed by atoms with van der Waals surface area (Å²) in [6.07, 6.45) is 1.41. The molecule has 0 heterocycles. The van der Waals surface area contributed by atoms with E-state index in [-0.39, 0.29) is 12.5 Å². The van der Waals surface area contributed by atoms with Crippen LogP contribution in [0.1, 0.15) is 33.5 Å². The minimum Gasteiger partial charge on any atom is -0.383 e. The Kier molecular flexibility index (Phi) is 3.66. The molecule has 1 amide bonds. The molecule has 0 saturated carbocycles. The van der Waals surface area contributed by atoms with Crippen LogP contribution in [0.3, 0.4) is 0 Å². The van der Waals surface area contributed by atoms with Crippen LogP contribution in [0.5, 0.6) is 0 Å². The second kappa shape index (κ2) is 5.63. The van der Waals surface area contributed by atoms with Gasteiger partial charge in [-0.25, -0.2) is 0 Å². The van der Waals surface area contributed by atoms with Crippen LogP contribution in [0, 0.1) is 11.3 Å². The summed E-state index contributed by atoms with van der Waals surface area (Å²) in [6, 6.07) is 16.3. The third-order valence-electron chi connectivity index (χ3n) is 4.12. The van der Waals surface area contributed by atoms with Gasteiger partial charge in [-0.1, -0.05) is 30.3 Å². The quantitative estimate of drug-likeness (QED) is 0.910. The Bertz CT molecular complexity index is 764. The number of rotatable bonds is 3. The highest BCUT2D eigenvalue weighted by molar-refractivity contribution is 5.94. The van der Waals surface area contributed by atoms with E-state index in [1.807, 2.05) is 30.3 Å². The predicted molar refractivity (Wildman–Crippen MR) is 82.2 cm³/mol. The number of carbonyl (C=O) groups is 1. The molecule has 0 bridgehead atoms. The van der Waals surface area contributed by atoms with E-state index in [1.54, 1.807) is 24.3 Å². The van der Waals surface area contributed by atoms with Crippen LogP contribution >= 0.6 is 0 Å². The maximum Gasteiger partial charge on any atom is 0.251 e. The van der Waals surface area contributed by atoms with Gasteiger partial charge in [0.15, 0.2) is 0 Å². The van der Waals surface area contributed by atoms with E-state index < -0.39 is 5.60 Å². The molecule has 2 aromatic carbocycles. The van der Waals surface area contributed by atoms with Gasteiger partial charge in [-0.2, -0.15) is 5.26 Å². The second-order valence-electron chi connectivity index (χ2n) is 5.56. The van der Waals surface area contributed by atoms with E-state index in [9.17, 15) is 9.90 Å². The average Bonchev–Trinajstić information content (AvgIpc) is 2.91. The van der Waals surface area contributed by atoms with Gasteiger partial charge in [-0.15, -0.1) is 0 Å². The molecule has 4 heteroatoms. The van der Waals surface area contributed by atoms with Crippen molar-refractivity contribution in [2.45, 2.75) is 18.4 Å². The summed E-state index contributed by atoms with van der Waals surface area (Å²) in [4.78, 5) is 12.2. The zero-order chi connectivity index (χ0) is 15.6. The van der Waals surface area contributed by atoms with Gasteiger partial charge in [0.25, 0.3) is 5.91 Å². The SMILES string of the molecule is N#Cc1cccc(C(=O)NC[C@@]2(O)CCc3ccccc32)c1. The Morgan fingerprint density at radius 1 is 1.27 bits per heavy atom. The van der Waals surface area contributed by atoms with Crippen LogP contribution in [0.15, 0.2) is 48.5 Å². The van der Waals surface area contributed by atoms with Crippen molar-refractivity contribution in [2.75, 3.05) is 6.54 Å². The minimum atomic E-state index is -1.01. The monoisotopic (exact) mass is 292 g/mol. The third kappa shape index (κ3) is 2.59. The Hall–Kier alpha value is -2.64. The molecule has 4 nitrogen and oxygen atoms in total. The van der Waals surface area contributed by atoms with Gasteiger partial charge in [0, 0.05) is 5.56 Å². The van der Waals surface area contributed by atoms with Crippen molar-refractivity contribution in [1.29, 1.82) is 5.26 Å². The topological polar surface area (TPSA) is 73.1 Å². The van der Waals surface area contributed by atoms with Crippen molar-refractivity contribution in [3.05, 3.63) is 70.8 Å².